The van der Waals surface area contributed by atoms with E-state index < -0.39 is 17.0 Å². The van der Waals surface area contributed by atoms with Crippen molar-refractivity contribution in [1.82, 2.24) is 30.2 Å². The molecule has 1 fully saturated rings. The van der Waals surface area contributed by atoms with Crippen molar-refractivity contribution in [2.75, 3.05) is 0 Å². The van der Waals surface area contributed by atoms with E-state index in [-0.39, 0.29) is 11.7 Å². The van der Waals surface area contributed by atoms with Crippen LogP contribution in [0, 0.1) is 5.41 Å². The number of carbonyl (C=O) groups is 2. The van der Waals surface area contributed by atoms with Gasteiger partial charge in [-0.1, -0.05) is 38.1 Å². The zero-order chi connectivity index (χ0) is 25.1. The normalized spacial score (nSPS) is 21.3. The SMILES string of the molecule is CC1(C)C[C@H](NC(=O)c2ccc3[nH]c(-c4cc5ccccc5cn4)nc3c2)C(=O)C1(N)c1ncc[nH]1. The Bertz CT molecular complexity index is 1640. The zero-order valence-electron chi connectivity index (χ0n) is 19.9. The fourth-order valence-corrected chi connectivity index (χ4v) is 5.13. The van der Waals surface area contributed by atoms with Gasteiger partial charge in [-0.3, -0.25) is 14.6 Å². The van der Waals surface area contributed by atoms with Crippen LogP contribution in [0.2, 0.25) is 0 Å². The summed E-state index contributed by atoms with van der Waals surface area (Å²) in [6.45, 7) is 3.83. The number of pyridine rings is 1. The first-order chi connectivity index (χ1) is 17.3. The molecule has 0 saturated heterocycles. The number of aromatic nitrogens is 5. The van der Waals surface area contributed by atoms with E-state index in [0.717, 1.165) is 16.3 Å². The second-order valence-electron chi connectivity index (χ2n) is 9.96. The highest BCUT2D eigenvalue weighted by Crippen LogP contribution is 2.47. The predicted octanol–water partition coefficient (Wildman–Crippen LogP) is 3.45. The highest BCUT2D eigenvalue weighted by molar-refractivity contribution is 6.03. The van der Waals surface area contributed by atoms with Gasteiger partial charge in [-0.05, 0) is 41.5 Å². The molecule has 5 N–H and O–H groups in total. The van der Waals surface area contributed by atoms with Gasteiger partial charge in [-0.25, -0.2) is 9.97 Å². The number of Topliss-reactive ketones (excluding diaryl/α,β-unsaturated/α-hetero) is 1. The lowest BCUT2D eigenvalue weighted by molar-refractivity contribution is -0.125. The van der Waals surface area contributed by atoms with E-state index in [4.69, 9.17) is 5.73 Å². The second kappa shape index (κ2) is 7.82. The van der Waals surface area contributed by atoms with Crippen LogP contribution in [0.3, 0.4) is 0 Å². The summed E-state index contributed by atoms with van der Waals surface area (Å²) in [6, 6.07) is 14.5. The molecular formula is C27H25N7O2. The summed E-state index contributed by atoms with van der Waals surface area (Å²) < 4.78 is 0. The van der Waals surface area contributed by atoms with Gasteiger partial charge in [0.1, 0.15) is 17.1 Å². The first-order valence-electron chi connectivity index (χ1n) is 11.8. The molecule has 3 aromatic heterocycles. The summed E-state index contributed by atoms with van der Waals surface area (Å²) in [6.07, 6.45) is 5.42. The quantitative estimate of drug-likeness (QED) is 0.311. The largest absolute Gasteiger partial charge is 0.347 e. The number of hydrogen-bond acceptors (Lipinski definition) is 6. The van der Waals surface area contributed by atoms with Gasteiger partial charge in [0.25, 0.3) is 5.91 Å². The number of H-pyrrole nitrogens is 2. The van der Waals surface area contributed by atoms with Gasteiger partial charge >= 0.3 is 0 Å². The molecule has 1 aliphatic carbocycles. The van der Waals surface area contributed by atoms with Crippen molar-refractivity contribution in [2.45, 2.75) is 31.8 Å². The maximum atomic E-state index is 13.3. The van der Waals surface area contributed by atoms with Crippen molar-refractivity contribution < 1.29 is 9.59 Å². The molecule has 2 aromatic carbocycles. The van der Waals surface area contributed by atoms with Crippen molar-refractivity contribution in [3.8, 4) is 11.5 Å². The molecule has 1 aliphatic rings. The summed E-state index contributed by atoms with van der Waals surface area (Å²) in [5, 5.41) is 5.00. The monoisotopic (exact) mass is 479 g/mol. The van der Waals surface area contributed by atoms with Gasteiger partial charge in [-0.2, -0.15) is 0 Å². The van der Waals surface area contributed by atoms with E-state index in [1.165, 1.54) is 0 Å². The lowest BCUT2D eigenvalue weighted by atomic mass is 9.75. The standard InChI is InChI=1S/C27H25N7O2/c1-26(2)13-21(22(35)27(26,28)25-29-9-10-30-25)34-24(36)16-7-8-18-19(12-16)33-23(32-18)20-11-15-5-3-4-6-17(15)14-31-20/h3-12,14,21H,13,28H2,1-2H3,(H,29,30)(H,32,33)(H,34,36)/t21-,27?/m0/s1. The maximum Gasteiger partial charge on any atom is 0.251 e. The Hall–Kier alpha value is -4.37. The highest BCUT2D eigenvalue weighted by Gasteiger charge is 2.60. The Balaban J connectivity index is 1.26. The number of amides is 1. The molecular weight excluding hydrogens is 454 g/mol. The number of imidazole rings is 2. The Labute approximate surface area is 206 Å². The topological polar surface area (TPSA) is 142 Å². The minimum absolute atomic E-state index is 0.263. The number of benzene rings is 2. The number of aromatic amines is 2. The number of ketones is 1. The number of fused-ring (bicyclic) bond motifs is 2. The number of rotatable bonds is 4. The van der Waals surface area contributed by atoms with Gasteiger partial charge < -0.3 is 21.0 Å². The van der Waals surface area contributed by atoms with E-state index in [1.807, 2.05) is 50.4 Å². The van der Waals surface area contributed by atoms with Crippen molar-refractivity contribution in [3.05, 3.63) is 78.5 Å². The van der Waals surface area contributed by atoms with Crippen LogP contribution in [0.4, 0.5) is 0 Å². The molecule has 1 saturated carbocycles. The van der Waals surface area contributed by atoms with Crippen LogP contribution < -0.4 is 11.1 Å². The van der Waals surface area contributed by atoms with Crippen molar-refractivity contribution >= 4 is 33.5 Å². The summed E-state index contributed by atoms with van der Waals surface area (Å²) in [7, 11) is 0. The first kappa shape index (κ1) is 22.1. The molecule has 0 aliphatic heterocycles. The highest BCUT2D eigenvalue weighted by atomic mass is 16.2. The number of nitrogens with zero attached hydrogens (tertiary/aromatic N) is 3. The van der Waals surface area contributed by atoms with Gasteiger partial charge in [-0.15, -0.1) is 0 Å². The minimum atomic E-state index is -1.32. The van der Waals surface area contributed by atoms with Crippen molar-refractivity contribution in [1.29, 1.82) is 0 Å². The molecule has 180 valence electrons. The number of nitrogens with one attached hydrogen (secondary N) is 3. The smallest absolute Gasteiger partial charge is 0.251 e. The molecule has 5 aromatic rings. The van der Waals surface area contributed by atoms with Crippen LogP contribution >= 0.6 is 0 Å². The van der Waals surface area contributed by atoms with Gasteiger partial charge in [0.05, 0.1) is 17.1 Å². The van der Waals surface area contributed by atoms with E-state index in [0.29, 0.717) is 34.8 Å². The third kappa shape index (κ3) is 3.31. The maximum absolute atomic E-state index is 13.3. The number of carbonyl (C=O) groups excluding carboxylic acids is 2. The van der Waals surface area contributed by atoms with E-state index in [1.54, 1.807) is 30.6 Å². The van der Waals surface area contributed by atoms with Gasteiger partial charge in [0.2, 0.25) is 0 Å². The molecule has 6 rings (SSSR count). The van der Waals surface area contributed by atoms with Crippen LogP contribution in [-0.2, 0) is 10.3 Å². The zero-order valence-corrected chi connectivity index (χ0v) is 19.9. The predicted molar refractivity (Wildman–Crippen MR) is 136 cm³/mol. The van der Waals surface area contributed by atoms with Crippen LogP contribution in [0.25, 0.3) is 33.3 Å². The minimum Gasteiger partial charge on any atom is -0.347 e. The number of nitrogens with two attached hydrogens (primary N) is 1. The van der Waals surface area contributed by atoms with Crippen molar-refractivity contribution in [2.24, 2.45) is 11.1 Å². The summed E-state index contributed by atoms with van der Waals surface area (Å²) in [5.74, 6) is 0.402. The molecule has 3 heterocycles. The summed E-state index contributed by atoms with van der Waals surface area (Å²) in [5.41, 5.74) is 7.22. The Morgan fingerprint density at radius 3 is 2.69 bits per heavy atom. The molecule has 0 radical (unpaired) electrons. The Morgan fingerprint density at radius 2 is 1.92 bits per heavy atom. The first-order valence-corrected chi connectivity index (χ1v) is 11.8. The Kier molecular flexibility index (Phi) is 4.81. The fourth-order valence-electron chi connectivity index (χ4n) is 5.13. The average molecular weight is 480 g/mol. The lowest BCUT2D eigenvalue weighted by Gasteiger charge is -2.34. The third-order valence-electron chi connectivity index (χ3n) is 7.28. The molecule has 0 bridgehead atoms. The summed E-state index contributed by atoms with van der Waals surface area (Å²) >= 11 is 0. The van der Waals surface area contributed by atoms with Crippen LogP contribution in [0.15, 0.2) is 67.1 Å². The van der Waals surface area contributed by atoms with Gasteiger partial charge in [0.15, 0.2) is 11.6 Å². The average Bonchev–Trinajstić information content (AvgIpc) is 3.59. The summed E-state index contributed by atoms with van der Waals surface area (Å²) in [4.78, 5) is 46.2. The second-order valence-corrected chi connectivity index (χ2v) is 9.96. The molecule has 9 nitrogen and oxygen atoms in total. The molecule has 2 atom stereocenters. The van der Waals surface area contributed by atoms with Gasteiger partial charge in [0, 0.05) is 29.5 Å². The van der Waals surface area contributed by atoms with E-state index in [9.17, 15) is 9.59 Å². The van der Waals surface area contributed by atoms with E-state index in [2.05, 4.69) is 30.2 Å². The fraction of sp³-hybridized carbons (Fsp3) is 0.222. The third-order valence-corrected chi connectivity index (χ3v) is 7.28. The molecule has 0 spiro atoms. The molecule has 1 unspecified atom stereocenters. The Morgan fingerprint density at radius 1 is 1.11 bits per heavy atom. The molecule has 36 heavy (non-hydrogen) atoms. The van der Waals surface area contributed by atoms with Crippen LogP contribution in [0.5, 0.6) is 0 Å². The lowest BCUT2D eigenvalue weighted by Crippen LogP contribution is -2.54. The molecule has 9 heteroatoms. The van der Waals surface area contributed by atoms with Crippen LogP contribution in [-0.4, -0.2) is 42.7 Å². The van der Waals surface area contributed by atoms with Crippen LogP contribution in [0.1, 0.15) is 36.5 Å². The molecule has 1 amide bonds. The van der Waals surface area contributed by atoms with E-state index >= 15 is 0 Å². The number of hydrogen-bond donors (Lipinski definition) is 4. The van der Waals surface area contributed by atoms with Crippen molar-refractivity contribution in [3.63, 3.8) is 0 Å².